The Kier molecular flexibility index (Phi) is 6.89. The number of anilines is 1. The Hall–Kier alpha value is -3.13. The summed E-state index contributed by atoms with van der Waals surface area (Å²) in [5.74, 6) is 0.0762. The number of para-hydroxylation sites is 1. The number of aryl methyl sites for hydroxylation is 3. The van der Waals surface area contributed by atoms with Crippen LogP contribution in [0.2, 0.25) is 0 Å². The molecule has 0 atom stereocenters. The van der Waals surface area contributed by atoms with Crippen LogP contribution in [0.4, 0.5) is 5.69 Å². The molecule has 1 aromatic heterocycles. The molecule has 2 amide bonds. The van der Waals surface area contributed by atoms with Crippen LogP contribution in [-0.2, 0) is 9.59 Å². The van der Waals surface area contributed by atoms with E-state index in [1.54, 1.807) is 7.05 Å². The van der Waals surface area contributed by atoms with Crippen molar-refractivity contribution < 1.29 is 14.0 Å². The van der Waals surface area contributed by atoms with Gasteiger partial charge in [-0.2, -0.15) is 0 Å². The summed E-state index contributed by atoms with van der Waals surface area (Å²) in [5, 5.41) is 11.3. The molecule has 8 heteroatoms. The van der Waals surface area contributed by atoms with Crippen LogP contribution in [0.1, 0.15) is 16.7 Å². The first-order chi connectivity index (χ1) is 14.3. The highest BCUT2D eigenvalue weighted by atomic mass is 32.2. The molecule has 0 radical (unpaired) electrons. The van der Waals surface area contributed by atoms with Gasteiger partial charge >= 0.3 is 0 Å². The monoisotopic (exact) mass is 424 g/mol. The van der Waals surface area contributed by atoms with E-state index in [1.165, 1.54) is 4.90 Å². The van der Waals surface area contributed by atoms with E-state index in [4.69, 9.17) is 4.42 Å². The molecule has 7 nitrogen and oxygen atoms in total. The van der Waals surface area contributed by atoms with Crippen LogP contribution in [0.3, 0.4) is 0 Å². The summed E-state index contributed by atoms with van der Waals surface area (Å²) in [4.78, 5) is 26.1. The van der Waals surface area contributed by atoms with E-state index in [0.717, 1.165) is 39.7 Å². The fraction of sp³-hybridized carbons (Fsp3) is 0.273. The van der Waals surface area contributed by atoms with Crippen LogP contribution >= 0.6 is 11.8 Å². The minimum atomic E-state index is -0.243. The van der Waals surface area contributed by atoms with Crippen LogP contribution in [0.5, 0.6) is 0 Å². The molecule has 0 unspecified atom stereocenters. The van der Waals surface area contributed by atoms with Crippen molar-refractivity contribution in [1.82, 2.24) is 15.1 Å². The van der Waals surface area contributed by atoms with Gasteiger partial charge < -0.3 is 14.6 Å². The lowest BCUT2D eigenvalue weighted by atomic mass is 10.1. The fourth-order valence-electron chi connectivity index (χ4n) is 2.92. The maximum atomic E-state index is 12.4. The van der Waals surface area contributed by atoms with Crippen LogP contribution in [0.15, 0.2) is 52.1 Å². The highest BCUT2D eigenvalue weighted by Crippen LogP contribution is 2.25. The first-order valence-electron chi connectivity index (χ1n) is 9.47. The van der Waals surface area contributed by atoms with Crippen molar-refractivity contribution in [3.05, 3.63) is 59.2 Å². The summed E-state index contributed by atoms with van der Waals surface area (Å²) < 4.78 is 5.66. The Morgan fingerprint density at radius 1 is 1.00 bits per heavy atom. The van der Waals surface area contributed by atoms with Gasteiger partial charge in [0.15, 0.2) is 0 Å². The van der Waals surface area contributed by atoms with Gasteiger partial charge in [-0.05, 0) is 43.5 Å². The zero-order valence-corrected chi connectivity index (χ0v) is 18.2. The van der Waals surface area contributed by atoms with Gasteiger partial charge in [-0.3, -0.25) is 9.59 Å². The molecule has 0 bridgehead atoms. The van der Waals surface area contributed by atoms with Gasteiger partial charge in [0.2, 0.25) is 17.7 Å². The van der Waals surface area contributed by atoms with Crippen molar-refractivity contribution >= 4 is 29.3 Å². The molecule has 0 aliphatic rings. The van der Waals surface area contributed by atoms with E-state index in [2.05, 4.69) is 15.5 Å². The lowest BCUT2D eigenvalue weighted by Gasteiger charge is -2.17. The number of hydrogen-bond acceptors (Lipinski definition) is 6. The molecule has 0 spiro atoms. The molecule has 0 fully saturated rings. The van der Waals surface area contributed by atoms with Crippen molar-refractivity contribution in [3.8, 4) is 11.5 Å². The smallest absolute Gasteiger partial charge is 0.277 e. The van der Waals surface area contributed by atoms with Crippen molar-refractivity contribution in [2.75, 3.05) is 24.7 Å². The van der Waals surface area contributed by atoms with E-state index >= 15 is 0 Å². The minimum absolute atomic E-state index is 0.0362. The summed E-state index contributed by atoms with van der Waals surface area (Å²) in [6, 6.07) is 13.5. The zero-order valence-electron chi connectivity index (χ0n) is 17.4. The molecule has 0 saturated carbocycles. The molecular formula is C22H24N4O3S. The average molecular weight is 425 g/mol. The van der Waals surface area contributed by atoms with E-state index in [0.29, 0.717) is 11.1 Å². The largest absolute Gasteiger partial charge is 0.411 e. The maximum absolute atomic E-state index is 12.4. The number of likely N-dealkylation sites (N-methyl/N-ethyl adjacent to an activating group) is 1. The minimum Gasteiger partial charge on any atom is -0.411 e. The van der Waals surface area contributed by atoms with Gasteiger partial charge in [0.1, 0.15) is 0 Å². The number of thioether (sulfide) groups is 1. The van der Waals surface area contributed by atoms with E-state index in [-0.39, 0.29) is 24.1 Å². The summed E-state index contributed by atoms with van der Waals surface area (Å²) in [6.07, 6.45) is 0. The number of carbonyl (C=O) groups is 2. The summed E-state index contributed by atoms with van der Waals surface area (Å²) in [5.41, 5.74) is 4.64. The zero-order chi connectivity index (χ0) is 21.7. The van der Waals surface area contributed by atoms with Gasteiger partial charge in [-0.25, -0.2) is 0 Å². The van der Waals surface area contributed by atoms with E-state index in [9.17, 15) is 9.59 Å². The third-order valence-electron chi connectivity index (χ3n) is 4.65. The second-order valence-corrected chi connectivity index (χ2v) is 7.97. The van der Waals surface area contributed by atoms with Gasteiger partial charge in [-0.1, -0.05) is 48.2 Å². The SMILES string of the molecule is Cc1ccccc1-c1nnc(SCC(=O)N(C)CC(=O)Nc2c(C)cccc2C)o1. The molecule has 30 heavy (non-hydrogen) atoms. The van der Waals surface area contributed by atoms with Crippen LogP contribution in [0.25, 0.3) is 11.5 Å². The van der Waals surface area contributed by atoms with Gasteiger partial charge in [-0.15, -0.1) is 10.2 Å². The Morgan fingerprint density at radius 2 is 1.67 bits per heavy atom. The molecule has 0 saturated heterocycles. The third-order valence-corrected chi connectivity index (χ3v) is 5.46. The van der Waals surface area contributed by atoms with Crippen molar-refractivity contribution in [2.45, 2.75) is 26.0 Å². The second kappa shape index (κ2) is 9.58. The first-order valence-corrected chi connectivity index (χ1v) is 10.5. The molecular weight excluding hydrogens is 400 g/mol. The molecule has 2 aromatic carbocycles. The number of nitrogens with one attached hydrogen (secondary N) is 1. The number of carbonyl (C=O) groups excluding carboxylic acids is 2. The lowest BCUT2D eigenvalue weighted by molar-refractivity contribution is -0.131. The van der Waals surface area contributed by atoms with Gasteiger partial charge in [0.25, 0.3) is 5.22 Å². The highest BCUT2D eigenvalue weighted by molar-refractivity contribution is 7.99. The van der Waals surface area contributed by atoms with Gasteiger partial charge in [0.05, 0.1) is 12.3 Å². The molecule has 1 N–H and O–H groups in total. The molecule has 0 aliphatic heterocycles. The molecule has 3 aromatic rings. The van der Waals surface area contributed by atoms with Crippen molar-refractivity contribution in [1.29, 1.82) is 0 Å². The Morgan fingerprint density at radius 3 is 2.37 bits per heavy atom. The molecule has 1 heterocycles. The number of amides is 2. The molecule has 0 aliphatic carbocycles. The Balaban J connectivity index is 1.52. The van der Waals surface area contributed by atoms with E-state index in [1.807, 2.05) is 63.2 Å². The summed E-state index contributed by atoms with van der Waals surface area (Å²) >= 11 is 1.15. The standard InChI is InChI=1S/C22H24N4O3S/c1-14-8-5-6-11-17(14)21-24-25-22(29-21)30-13-19(28)26(4)12-18(27)23-20-15(2)9-7-10-16(20)3/h5-11H,12-13H2,1-4H3,(H,23,27). The number of benzene rings is 2. The van der Waals surface area contributed by atoms with Crippen LogP contribution in [0, 0.1) is 20.8 Å². The Bertz CT molecular complexity index is 1040. The summed E-state index contributed by atoms with van der Waals surface area (Å²) in [7, 11) is 1.60. The van der Waals surface area contributed by atoms with Crippen LogP contribution in [-0.4, -0.2) is 46.3 Å². The number of rotatable bonds is 7. The highest BCUT2D eigenvalue weighted by Gasteiger charge is 2.17. The average Bonchev–Trinajstić information content (AvgIpc) is 3.18. The lowest BCUT2D eigenvalue weighted by Crippen LogP contribution is -2.36. The predicted molar refractivity (Wildman–Crippen MR) is 117 cm³/mol. The quantitative estimate of drug-likeness (QED) is 0.580. The van der Waals surface area contributed by atoms with Crippen molar-refractivity contribution in [2.24, 2.45) is 0 Å². The normalized spacial score (nSPS) is 10.7. The summed E-state index contributed by atoms with van der Waals surface area (Å²) in [6.45, 7) is 5.80. The topological polar surface area (TPSA) is 88.3 Å². The fourth-order valence-corrected chi connectivity index (χ4v) is 3.62. The number of aromatic nitrogens is 2. The van der Waals surface area contributed by atoms with Crippen molar-refractivity contribution in [3.63, 3.8) is 0 Å². The molecule has 156 valence electrons. The second-order valence-electron chi connectivity index (χ2n) is 7.04. The van der Waals surface area contributed by atoms with Crippen LogP contribution < -0.4 is 5.32 Å². The number of nitrogens with zero attached hydrogens (tertiary/aromatic N) is 3. The Labute approximate surface area is 179 Å². The van der Waals surface area contributed by atoms with Gasteiger partial charge in [0, 0.05) is 18.3 Å². The maximum Gasteiger partial charge on any atom is 0.277 e. The first kappa shape index (κ1) is 21.6. The predicted octanol–water partition coefficient (Wildman–Crippen LogP) is 3.85. The van der Waals surface area contributed by atoms with E-state index < -0.39 is 0 Å². The third kappa shape index (κ3) is 5.27. The number of hydrogen-bond donors (Lipinski definition) is 1. The molecule has 3 rings (SSSR count).